The Hall–Kier alpha value is -1.53. The fourth-order valence-electron chi connectivity index (χ4n) is 3.30. The summed E-state index contributed by atoms with van der Waals surface area (Å²) in [5.41, 5.74) is -0.738. The molecule has 182 valence electrons. The van der Waals surface area contributed by atoms with Gasteiger partial charge in [0.1, 0.15) is 12.1 Å². The predicted octanol–water partition coefficient (Wildman–Crippen LogP) is 1.76. The van der Waals surface area contributed by atoms with Crippen molar-refractivity contribution in [3.05, 3.63) is 24.3 Å². The third-order valence-corrected chi connectivity index (χ3v) is 8.71. The van der Waals surface area contributed by atoms with Crippen LogP contribution in [-0.4, -0.2) is 88.7 Å². The van der Waals surface area contributed by atoms with E-state index in [-0.39, 0.29) is 16.3 Å². The van der Waals surface area contributed by atoms with Gasteiger partial charge in [-0.05, 0) is 72.0 Å². The summed E-state index contributed by atoms with van der Waals surface area (Å²) in [6, 6.07) is 5.19. The van der Waals surface area contributed by atoms with E-state index in [9.17, 15) is 21.6 Å². The number of carbonyl (C=O) groups is 1. The van der Waals surface area contributed by atoms with E-state index in [1.165, 1.54) is 28.6 Å². The molecule has 0 atom stereocenters. The molecule has 11 heteroatoms. The lowest BCUT2D eigenvalue weighted by Crippen LogP contribution is -2.42. The van der Waals surface area contributed by atoms with E-state index in [2.05, 4.69) is 0 Å². The van der Waals surface area contributed by atoms with Crippen molar-refractivity contribution in [2.75, 3.05) is 46.8 Å². The van der Waals surface area contributed by atoms with Gasteiger partial charge in [0, 0.05) is 26.2 Å². The number of piperidine rings is 1. The minimum atomic E-state index is -4.04. The van der Waals surface area contributed by atoms with Gasteiger partial charge < -0.3 is 9.64 Å². The van der Waals surface area contributed by atoms with Gasteiger partial charge >= 0.3 is 5.97 Å². The molecular formula is C21H35N3O6S2. The Kier molecular flexibility index (Phi) is 8.85. The van der Waals surface area contributed by atoms with Gasteiger partial charge in [-0.25, -0.2) is 16.8 Å². The molecule has 1 aliphatic rings. The summed E-state index contributed by atoms with van der Waals surface area (Å²) in [4.78, 5) is 14.1. The highest BCUT2D eigenvalue weighted by Crippen LogP contribution is 2.23. The van der Waals surface area contributed by atoms with Crippen molar-refractivity contribution in [3.63, 3.8) is 0 Å². The van der Waals surface area contributed by atoms with Crippen LogP contribution in [0.5, 0.6) is 0 Å². The fourth-order valence-corrected chi connectivity index (χ4v) is 6.19. The van der Waals surface area contributed by atoms with Crippen molar-refractivity contribution < 1.29 is 26.4 Å². The Labute approximate surface area is 192 Å². The monoisotopic (exact) mass is 489 g/mol. The lowest BCUT2D eigenvalue weighted by Gasteiger charge is -2.26. The Balaban J connectivity index is 2.27. The first-order valence-corrected chi connectivity index (χ1v) is 13.6. The Morgan fingerprint density at radius 3 is 1.97 bits per heavy atom. The maximum atomic E-state index is 13.2. The van der Waals surface area contributed by atoms with Gasteiger partial charge in [-0.1, -0.05) is 6.42 Å². The molecule has 1 heterocycles. The van der Waals surface area contributed by atoms with Gasteiger partial charge in [0.05, 0.1) is 9.79 Å². The summed E-state index contributed by atoms with van der Waals surface area (Å²) in [6.07, 6.45) is 2.64. The number of hydrogen-bond donors (Lipinski definition) is 0. The van der Waals surface area contributed by atoms with Gasteiger partial charge in [-0.2, -0.15) is 8.61 Å². The van der Waals surface area contributed by atoms with Crippen molar-refractivity contribution in [2.45, 2.75) is 55.4 Å². The number of hydrogen-bond acceptors (Lipinski definition) is 7. The topological polar surface area (TPSA) is 104 Å². The molecule has 0 aromatic heterocycles. The molecule has 0 aliphatic carbocycles. The van der Waals surface area contributed by atoms with Crippen molar-refractivity contribution >= 4 is 26.0 Å². The molecule has 1 aromatic carbocycles. The maximum absolute atomic E-state index is 13.2. The number of ether oxygens (including phenoxy) is 1. The number of likely N-dealkylation sites (N-methyl/N-ethyl adjacent to an activating group) is 1. The van der Waals surface area contributed by atoms with Crippen LogP contribution in [0.1, 0.15) is 40.0 Å². The largest absolute Gasteiger partial charge is 0.459 e. The number of carbonyl (C=O) groups excluding carboxylic acids is 1. The average Bonchev–Trinajstić information content (AvgIpc) is 2.70. The number of rotatable bonds is 9. The molecule has 0 unspecified atom stereocenters. The van der Waals surface area contributed by atoms with E-state index in [0.717, 1.165) is 23.6 Å². The van der Waals surface area contributed by atoms with Crippen LogP contribution in [0.15, 0.2) is 34.1 Å². The smallest absolute Gasteiger partial charge is 0.321 e. The highest BCUT2D eigenvalue weighted by Gasteiger charge is 2.30. The SMILES string of the molecule is CN(C)CCN(CC(=O)OC(C)(C)C)S(=O)(=O)c1ccc(S(=O)(=O)N2CCCCC2)cc1. The van der Waals surface area contributed by atoms with Crippen molar-refractivity contribution in [3.8, 4) is 0 Å². The predicted molar refractivity (Wildman–Crippen MR) is 122 cm³/mol. The van der Waals surface area contributed by atoms with E-state index < -0.39 is 38.2 Å². The third kappa shape index (κ3) is 7.24. The van der Waals surface area contributed by atoms with Crippen molar-refractivity contribution in [2.24, 2.45) is 0 Å². The molecule has 1 fully saturated rings. The van der Waals surface area contributed by atoms with Crippen molar-refractivity contribution in [1.82, 2.24) is 13.5 Å². The molecule has 0 bridgehead atoms. The van der Waals surface area contributed by atoms with Crippen LogP contribution in [0.3, 0.4) is 0 Å². The zero-order valence-electron chi connectivity index (χ0n) is 19.6. The standard InChI is InChI=1S/C21H35N3O6S2/c1-21(2,3)30-20(25)17-24(16-15-22(4)5)32(28,29)19-11-9-18(10-12-19)31(26,27)23-13-7-6-8-14-23/h9-12H,6-8,13-17H2,1-5H3. The van der Waals surface area contributed by atoms with Crippen LogP contribution in [0.4, 0.5) is 0 Å². The van der Waals surface area contributed by atoms with Crippen molar-refractivity contribution in [1.29, 1.82) is 0 Å². The summed E-state index contributed by atoms with van der Waals surface area (Å²) in [5.74, 6) is -0.649. The molecule has 9 nitrogen and oxygen atoms in total. The molecule has 32 heavy (non-hydrogen) atoms. The summed E-state index contributed by atoms with van der Waals surface area (Å²) in [6.45, 7) is 6.14. The van der Waals surface area contributed by atoms with E-state index >= 15 is 0 Å². The summed E-state index contributed by atoms with van der Waals surface area (Å²) in [5, 5.41) is 0. The van der Waals surface area contributed by atoms with E-state index in [1.54, 1.807) is 34.9 Å². The second kappa shape index (κ2) is 10.6. The molecule has 0 amide bonds. The second-order valence-corrected chi connectivity index (χ2v) is 13.0. The zero-order valence-corrected chi connectivity index (χ0v) is 21.2. The quantitative estimate of drug-likeness (QED) is 0.487. The highest BCUT2D eigenvalue weighted by molar-refractivity contribution is 7.89. The number of esters is 1. The molecule has 1 saturated heterocycles. The minimum absolute atomic E-state index is 0.0605. The number of sulfonamides is 2. The van der Waals surface area contributed by atoms with Gasteiger partial charge in [0.2, 0.25) is 20.0 Å². The molecule has 0 spiro atoms. The van der Waals surface area contributed by atoms with Crippen LogP contribution in [0, 0.1) is 0 Å². The highest BCUT2D eigenvalue weighted by atomic mass is 32.2. The molecule has 0 radical (unpaired) electrons. The first kappa shape index (κ1) is 26.7. The van der Waals surface area contributed by atoms with Crippen LogP contribution < -0.4 is 0 Å². The molecule has 0 saturated carbocycles. The van der Waals surface area contributed by atoms with Crippen LogP contribution in [0.25, 0.3) is 0 Å². The van der Waals surface area contributed by atoms with Crippen LogP contribution in [0.2, 0.25) is 0 Å². The minimum Gasteiger partial charge on any atom is -0.459 e. The van der Waals surface area contributed by atoms with Crippen LogP contribution in [-0.2, 0) is 29.6 Å². The molecule has 0 N–H and O–H groups in total. The molecule has 2 rings (SSSR count). The van der Waals surface area contributed by atoms with E-state index in [0.29, 0.717) is 19.6 Å². The first-order valence-electron chi connectivity index (χ1n) is 10.7. The summed E-state index contributed by atoms with van der Waals surface area (Å²) < 4.78 is 60.0. The second-order valence-electron chi connectivity index (χ2n) is 9.16. The number of nitrogens with zero attached hydrogens (tertiary/aromatic N) is 3. The summed E-state index contributed by atoms with van der Waals surface area (Å²) >= 11 is 0. The molecule has 1 aromatic rings. The lowest BCUT2D eigenvalue weighted by atomic mass is 10.2. The van der Waals surface area contributed by atoms with E-state index in [4.69, 9.17) is 4.74 Å². The first-order chi connectivity index (χ1) is 14.7. The Bertz CT molecular complexity index is 977. The van der Waals surface area contributed by atoms with E-state index in [1.807, 2.05) is 4.90 Å². The lowest BCUT2D eigenvalue weighted by molar-refractivity contribution is -0.155. The third-order valence-electron chi connectivity index (χ3n) is 4.94. The fraction of sp³-hybridized carbons (Fsp3) is 0.667. The summed E-state index contributed by atoms with van der Waals surface area (Å²) in [7, 11) is -4.09. The Morgan fingerprint density at radius 1 is 0.938 bits per heavy atom. The van der Waals surface area contributed by atoms with Gasteiger partial charge in [-0.15, -0.1) is 0 Å². The maximum Gasteiger partial charge on any atom is 0.321 e. The Morgan fingerprint density at radius 2 is 1.47 bits per heavy atom. The molecular weight excluding hydrogens is 454 g/mol. The van der Waals surface area contributed by atoms with Gasteiger partial charge in [0.15, 0.2) is 0 Å². The average molecular weight is 490 g/mol. The van der Waals surface area contributed by atoms with Gasteiger partial charge in [-0.3, -0.25) is 4.79 Å². The number of benzene rings is 1. The van der Waals surface area contributed by atoms with Crippen LogP contribution >= 0.6 is 0 Å². The zero-order chi connectivity index (χ0) is 24.2. The molecule has 1 aliphatic heterocycles. The normalized spacial score (nSPS) is 16.5. The van der Waals surface area contributed by atoms with Gasteiger partial charge in [0.25, 0.3) is 0 Å².